The Morgan fingerprint density at radius 1 is 1.03 bits per heavy atom. The zero-order valence-corrected chi connectivity index (χ0v) is 23.2. The number of fused-ring (bicyclic) bond motifs is 1. The highest BCUT2D eigenvalue weighted by Gasteiger charge is 2.25. The van der Waals surface area contributed by atoms with Gasteiger partial charge in [0.2, 0.25) is 0 Å². The van der Waals surface area contributed by atoms with E-state index >= 15 is 0 Å². The summed E-state index contributed by atoms with van der Waals surface area (Å²) in [5.74, 6) is 0.997. The Balaban J connectivity index is 0.00000336. The lowest BCUT2D eigenvalue weighted by Crippen LogP contribution is -2.43. The van der Waals surface area contributed by atoms with Crippen LogP contribution >= 0.6 is 23.7 Å². The van der Waals surface area contributed by atoms with E-state index in [1.165, 1.54) is 17.6 Å². The van der Waals surface area contributed by atoms with E-state index in [9.17, 15) is 13.2 Å². The second kappa shape index (κ2) is 12.2. The molecule has 0 aliphatic carbocycles. The van der Waals surface area contributed by atoms with E-state index in [0.29, 0.717) is 58.7 Å². The zero-order chi connectivity index (χ0) is 25.8. The number of sulfone groups is 1. The predicted octanol–water partition coefficient (Wildman–Crippen LogP) is 4.89. The van der Waals surface area contributed by atoms with E-state index in [1.807, 2.05) is 36.4 Å². The second-order valence-electron chi connectivity index (χ2n) is 8.73. The van der Waals surface area contributed by atoms with Crippen LogP contribution in [-0.2, 0) is 14.6 Å². The van der Waals surface area contributed by atoms with Crippen molar-refractivity contribution in [3.8, 4) is 11.5 Å². The van der Waals surface area contributed by atoms with Crippen LogP contribution in [0, 0.1) is 0 Å². The van der Waals surface area contributed by atoms with Crippen molar-refractivity contribution in [2.45, 2.75) is 4.90 Å². The summed E-state index contributed by atoms with van der Waals surface area (Å²) in [5, 5.41) is 0.457. The van der Waals surface area contributed by atoms with E-state index in [-0.39, 0.29) is 23.2 Å². The Morgan fingerprint density at radius 3 is 2.47 bits per heavy atom. The van der Waals surface area contributed by atoms with Crippen molar-refractivity contribution in [2.24, 2.45) is 0 Å². The highest BCUT2D eigenvalue weighted by molar-refractivity contribution is 7.91. The quantitative estimate of drug-likeness (QED) is 0.296. The number of carbonyl (C=O) groups is 1. The van der Waals surface area contributed by atoms with Crippen LogP contribution in [0.15, 0.2) is 77.7 Å². The van der Waals surface area contributed by atoms with Crippen molar-refractivity contribution in [1.29, 1.82) is 0 Å². The molecule has 0 spiro atoms. The van der Waals surface area contributed by atoms with Crippen molar-refractivity contribution in [2.75, 3.05) is 50.5 Å². The van der Waals surface area contributed by atoms with Crippen LogP contribution < -0.4 is 9.64 Å². The summed E-state index contributed by atoms with van der Waals surface area (Å²) in [4.78, 5) is 22.5. The van der Waals surface area contributed by atoms with Crippen LogP contribution in [-0.4, -0.2) is 69.9 Å². The fourth-order valence-electron chi connectivity index (χ4n) is 4.15. The van der Waals surface area contributed by atoms with Gasteiger partial charge >= 0.3 is 0 Å². The Hall–Kier alpha value is -3.02. The Kier molecular flexibility index (Phi) is 9.01. The number of anilines is 1. The monoisotopic (exact) mass is 573 g/mol. The number of hydrogen-bond donors (Lipinski definition) is 0. The summed E-state index contributed by atoms with van der Waals surface area (Å²) in [6, 6.07) is 21.5. The lowest BCUT2D eigenvalue weighted by Gasteiger charge is -2.29. The third-order valence-electron chi connectivity index (χ3n) is 6.05. The zero-order valence-electron chi connectivity index (χ0n) is 20.8. The molecule has 1 aliphatic rings. The maximum Gasteiger partial charge on any atom is 0.260 e. The minimum atomic E-state index is -3.48. The van der Waals surface area contributed by atoms with Crippen molar-refractivity contribution in [1.82, 2.24) is 9.88 Å². The summed E-state index contributed by atoms with van der Waals surface area (Å²) in [6.45, 7) is 3.94. The number of aromatic nitrogens is 1. The van der Waals surface area contributed by atoms with Gasteiger partial charge in [0, 0.05) is 38.0 Å². The van der Waals surface area contributed by atoms with Crippen LogP contribution in [0.25, 0.3) is 10.2 Å². The molecule has 1 aromatic heterocycles. The third kappa shape index (κ3) is 6.51. The Bertz CT molecular complexity index is 1510. The minimum Gasteiger partial charge on any atom is -0.457 e. The van der Waals surface area contributed by atoms with Gasteiger partial charge in [-0.3, -0.25) is 14.6 Å². The highest BCUT2D eigenvalue weighted by atomic mass is 35.5. The number of para-hydroxylation sites is 2. The molecule has 0 N–H and O–H groups in total. The maximum absolute atomic E-state index is 13.9. The van der Waals surface area contributed by atoms with Gasteiger partial charge in [-0.05, 0) is 42.5 Å². The van der Waals surface area contributed by atoms with Gasteiger partial charge in [-0.25, -0.2) is 13.4 Å². The van der Waals surface area contributed by atoms with E-state index in [2.05, 4.69) is 9.88 Å². The summed E-state index contributed by atoms with van der Waals surface area (Å²) >= 11 is 1.31. The minimum absolute atomic E-state index is 0. The lowest BCUT2D eigenvalue weighted by molar-refractivity contribution is 0.0391. The number of morpholine rings is 1. The smallest absolute Gasteiger partial charge is 0.260 e. The van der Waals surface area contributed by atoms with Gasteiger partial charge in [0.25, 0.3) is 5.91 Å². The number of carbonyl (C=O) groups excluding carboxylic acids is 1. The molecule has 38 heavy (non-hydrogen) atoms. The molecule has 11 heteroatoms. The molecule has 0 atom stereocenters. The third-order valence-corrected chi connectivity index (χ3v) is 8.22. The SMILES string of the molecule is CS(=O)(=O)c1cccc2sc(N(CCN3CCOCC3)C(=O)c3cccc(Oc4ccccc4)c3)nc12.Cl. The molecule has 4 aromatic rings. The number of benzene rings is 3. The molecule has 0 saturated carbocycles. The molecule has 2 heterocycles. The summed E-state index contributed by atoms with van der Waals surface area (Å²) in [7, 11) is -3.48. The van der Waals surface area contributed by atoms with Gasteiger partial charge < -0.3 is 9.47 Å². The van der Waals surface area contributed by atoms with E-state index in [4.69, 9.17) is 9.47 Å². The molecule has 1 saturated heterocycles. The van der Waals surface area contributed by atoms with Crippen molar-refractivity contribution >= 4 is 54.8 Å². The van der Waals surface area contributed by atoms with Crippen LogP contribution in [0.3, 0.4) is 0 Å². The van der Waals surface area contributed by atoms with Crippen LogP contribution in [0.5, 0.6) is 11.5 Å². The number of nitrogens with zero attached hydrogens (tertiary/aromatic N) is 3. The molecule has 0 unspecified atom stereocenters. The predicted molar refractivity (Wildman–Crippen MR) is 152 cm³/mol. The fourth-order valence-corrected chi connectivity index (χ4v) is 6.06. The Morgan fingerprint density at radius 2 is 1.74 bits per heavy atom. The van der Waals surface area contributed by atoms with Crippen LogP contribution in [0.2, 0.25) is 0 Å². The van der Waals surface area contributed by atoms with E-state index in [0.717, 1.165) is 13.1 Å². The molecular formula is C27H28ClN3O5S2. The number of hydrogen-bond acceptors (Lipinski definition) is 8. The number of thiazole rings is 1. The van der Waals surface area contributed by atoms with E-state index in [1.54, 1.807) is 41.3 Å². The van der Waals surface area contributed by atoms with Gasteiger partial charge in [0.1, 0.15) is 17.0 Å². The summed E-state index contributed by atoms with van der Waals surface area (Å²) < 4.78 is 36.8. The molecule has 5 rings (SSSR count). The number of rotatable bonds is 8. The molecule has 200 valence electrons. The number of halogens is 1. The fraction of sp³-hybridized carbons (Fsp3) is 0.259. The summed E-state index contributed by atoms with van der Waals surface area (Å²) in [5.41, 5.74) is 0.841. The average Bonchev–Trinajstić information content (AvgIpc) is 3.33. The molecule has 1 fully saturated rings. The Labute approximate surface area is 232 Å². The molecule has 0 bridgehead atoms. The molecule has 1 amide bonds. The molecule has 8 nitrogen and oxygen atoms in total. The van der Waals surface area contributed by atoms with Crippen LogP contribution in [0.4, 0.5) is 5.13 Å². The lowest BCUT2D eigenvalue weighted by atomic mass is 10.2. The molecule has 3 aromatic carbocycles. The topological polar surface area (TPSA) is 89.0 Å². The largest absolute Gasteiger partial charge is 0.457 e. The van der Waals surface area contributed by atoms with Crippen molar-refractivity contribution in [3.05, 3.63) is 78.4 Å². The number of ether oxygens (including phenoxy) is 2. The molecular weight excluding hydrogens is 546 g/mol. The van der Waals surface area contributed by atoms with E-state index < -0.39 is 9.84 Å². The highest BCUT2D eigenvalue weighted by Crippen LogP contribution is 2.33. The average molecular weight is 574 g/mol. The summed E-state index contributed by atoms with van der Waals surface area (Å²) in [6.07, 6.45) is 1.17. The van der Waals surface area contributed by atoms with Crippen molar-refractivity contribution < 1.29 is 22.7 Å². The van der Waals surface area contributed by atoms with Gasteiger partial charge in [-0.15, -0.1) is 12.4 Å². The molecule has 1 aliphatic heterocycles. The van der Waals surface area contributed by atoms with Crippen molar-refractivity contribution in [3.63, 3.8) is 0 Å². The van der Waals surface area contributed by atoms with Gasteiger partial charge in [-0.2, -0.15) is 0 Å². The first kappa shape index (κ1) is 28.0. The molecule has 0 radical (unpaired) electrons. The normalized spacial score (nSPS) is 14.1. The second-order valence-corrected chi connectivity index (χ2v) is 11.7. The first-order valence-corrected chi connectivity index (χ1v) is 14.6. The van der Waals surface area contributed by atoms with Gasteiger partial charge in [0.05, 0.1) is 22.8 Å². The number of amides is 1. The standard InChI is InChI=1S/C27H27N3O5S2.ClH/c1-37(32,33)24-12-6-11-23-25(24)28-27(36-23)30(14-13-29-15-17-34-18-16-29)26(31)20-7-5-10-22(19-20)35-21-8-3-2-4-9-21;/h2-12,19H,13-18H2,1H3;1H. The first-order chi connectivity index (χ1) is 17.9. The maximum atomic E-state index is 13.9. The van der Waals surface area contributed by atoms with Gasteiger partial charge in [-0.1, -0.05) is 41.7 Å². The van der Waals surface area contributed by atoms with Gasteiger partial charge in [0.15, 0.2) is 15.0 Å². The first-order valence-electron chi connectivity index (χ1n) is 11.9. The van der Waals surface area contributed by atoms with Crippen LogP contribution in [0.1, 0.15) is 10.4 Å².